The van der Waals surface area contributed by atoms with Crippen LogP contribution in [0.15, 0.2) is 89.0 Å². The number of benzene rings is 2. The number of hydrogen-bond donors (Lipinski definition) is 0. The minimum Gasteiger partial charge on any atom is -0.465 e. The Morgan fingerprint density at radius 1 is 0.854 bits per heavy atom. The van der Waals surface area contributed by atoms with Crippen molar-refractivity contribution >= 4 is 29.7 Å². The number of rotatable bonds is 15. The average Bonchev–Trinajstić information content (AvgIpc) is 3.31. The van der Waals surface area contributed by atoms with E-state index in [9.17, 15) is 14.4 Å². The van der Waals surface area contributed by atoms with Crippen LogP contribution in [0.5, 0.6) is 0 Å². The Morgan fingerprint density at radius 3 is 2.17 bits per heavy atom. The van der Waals surface area contributed by atoms with Gasteiger partial charge in [0.2, 0.25) is 0 Å². The molecule has 0 fully saturated rings. The lowest BCUT2D eigenvalue weighted by molar-refractivity contribution is -0.145. The highest BCUT2D eigenvalue weighted by Crippen LogP contribution is 2.29. The highest BCUT2D eigenvalue weighted by Gasteiger charge is 2.23. The van der Waals surface area contributed by atoms with Crippen LogP contribution in [-0.2, 0) is 28.6 Å². The Bertz CT molecular complexity index is 1600. The number of carbonyl (C=O) groups is 3. The largest absolute Gasteiger partial charge is 0.465 e. The van der Waals surface area contributed by atoms with Gasteiger partial charge in [-0.1, -0.05) is 72.3 Å². The molecule has 0 bridgehead atoms. The van der Waals surface area contributed by atoms with Crippen molar-refractivity contribution in [2.24, 2.45) is 10.9 Å². The summed E-state index contributed by atoms with van der Waals surface area (Å²) >= 11 is 0. The SMILES string of the molecule is CC1=CC=CCC=C1c1ccc(C(C)C(=O)OCCC(CCOC(=O)C2=CCCN=C2)CCOC(=O)C(C)c2ccc(C)cc2)c(F)c1. The van der Waals surface area contributed by atoms with Gasteiger partial charge in [-0.2, -0.15) is 0 Å². The number of esters is 3. The van der Waals surface area contributed by atoms with Crippen LogP contribution in [-0.4, -0.2) is 50.5 Å². The Labute approximate surface area is 283 Å². The molecule has 1 heterocycles. The molecule has 1 aliphatic carbocycles. The fraction of sp³-hybridized carbons (Fsp3) is 0.400. The van der Waals surface area contributed by atoms with Crippen LogP contribution in [0.4, 0.5) is 4.39 Å². The molecule has 0 saturated carbocycles. The van der Waals surface area contributed by atoms with E-state index in [0.717, 1.165) is 34.3 Å². The topological polar surface area (TPSA) is 91.3 Å². The van der Waals surface area contributed by atoms with Crippen LogP contribution in [0, 0.1) is 18.7 Å². The number of hydrogen-bond acceptors (Lipinski definition) is 7. The summed E-state index contributed by atoms with van der Waals surface area (Å²) in [5.74, 6) is -3.00. The van der Waals surface area contributed by atoms with Crippen molar-refractivity contribution in [1.29, 1.82) is 0 Å². The van der Waals surface area contributed by atoms with E-state index in [1.807, 2.05) is 75.4 Å². The first-order valence-corrected chi connectivity index (χ1v) is 16.7. The van der Waals surface area contributed by atoms with Gasteiger partial charge in [0.05, 0.1) is 37.2 Å². The third-order valence-electron chi connectivity index (χ3n) is 8.82. The number of nitrogens with zero attached hydrogens (tertiary/aromatic N) is 1. The predicted octanol–water partition coefficient (Wildman–Crippen LogP) is 8.15. The van der Waals surface area contributed by atoms with Crippen molar-refractivity contribution in [1.82, 2.24) is 0 Å². The molecule has 254 valence electrons. The second-order valence-electron chi connectivity index (χ2n) is 12.4. The van der Waals surface area contributed by atoms with Gasteiger partial charge in [-0.25, -0.2) is 9.18 Å². The third-order valence-corrected chi connectivity index (χ3v) is 8.82. The number of allylic oxidation sites excluding steroid dienone is 6. The molecule has 8 heteroatoms. The minimum absolute atomic E-state index is 0.0629. The molecule has 3 unspecified atom stereocenters. The summed E-state index contributed by atoms with van der Waals surface area (Å²) in [5, 5.41) is 0. The molecule has 48 heavy (non-hydrogen) atoms. The highest BCUT2D eigenvalue weighted by molar-refractivity contribution is 6.09. The van der Waals surface area contributed by atoms with Crippen molar-refractivity contribution in [2.75, 3.05) is 26.4 Å². The van der Waals surface area contributed by atoms with Crippen LogP contribution in [0.25, 0.3) is 5.57 Å². The van der Waals surface area contributed by atoms with Gasteiger partial charge in [-0.15, -0.1) is 0 Å². The zero-order valence-corrected chi connectivity index (χ0v) is 28.4. The maximum Gasteiger partial charge on any atom is 0.339 e. The molecule has 0 amide bonds. The second kappa shape index (κ2) is 18.1. The standard InChI is InChI=1S/C40H46FNO6/c1-27-12-14-32(15-13-27)29(3)38(43)46-22-18-31(20-24-48-40(45)34-10-8-21-42-26-34)19-23-47-39(44)30(4)36-17-16-33(25-37(36)41)35-11-7-5-6-9-28(35)2/h5-6,9-17,25-26,29-31H,7-8,18-24H2,1-4H3. The predicted molar refractivity (Wildman–Crippen MR) is 186 cm³/mol. The summed E-state index contributed by atoms with van der Waals surface area (Å²) < 4.78 is 32.0. The number of aliphatic imine (C=N–C) groups is 1. The molecule has 2 aliphatic rings. The Balaban J connectivity index is 1.31. The van der Waals surface area contributed by atoms with Crippen molar-refractivity contribution in [3.05, 3.63) is 112 Å². The van der Waals surface area contributed by atoms with Crippen LogP contribution < -0.4 is 0 Å². The zero-order chi connectivity index (χ0) is 34.5. The molecule has 0 aromatic heterocycles. The van der Waals surface area contributed by atoms with Gasteiger partial charge >= 0.3 is 17.9 Å². The number of dihydropyridines is 1. The average molecular weight is 656 g/mol. The van der Waals surface area contributed by atoms with Gasteiger partial charge in [-0.3, -0.25) is 14.6 Å². The summed E-state index contributed by atoms with van der Waals surface area (Å²) in [4.78, 5) is 42.3. The minimum atomic E-state index is -0.797. The highest BCUT2D eigenvalue weighted by atomic mass is 19.1. The molecule has 1 aliphatic heterocycles. The third kappa shape index (κ3) is 10.5. The summed E-state index contributed by atoms with van der Waals surface area (Å²) in [6.07, 6.45) is 14.3. The van der Waals surface area contributed by atoms with Gasteiger partial charge in [0.1, 0.15) is 5.82 Å². The molecular formula is C40H46FNO6. The van der Waals surface area contributed by atoms with E-state index in [4.69, 9.17) is 14.2 Å². The lowest BCUT2D eigenvalue weighted by Gasteiger charge is -2.19. The molecule has 2 aromatic rings. The molecule has 0 N–H and O–H groups in total. The molecule has 7 nitrogen and oxygen atoms in total. The molecule has 0 radical (unpaired) electrons. The maximum absolute atomic E-state index is 15.3. The Morgan fingerprint density at radius 2 is 1.52 bits per heavy atom. The Hall–Kier alpha value is -4.59. The van der Waals surface area contributed by atoms with E-state index in [1.165, 1.54) is 12.3 Å². The van der Waals surface area contributed by atoms with Crippen LogP contribution in [0.3, 0.4) is 0 Å². The van der Waals surface area contributed by atoms with E-state index in [-0.39, 0.29) is 37.3 Å². The quantitative estimate of drug-likeness (QED) is 0.142. The fourth-order valence-electron chi connectivity index (χ4n) is 5.62. The van der Waals surface area contributed by atoms with Gasteiger partial charge in [0.15, 0.2) is 0 Å². The Kier molecular flexibility index (Phi) is 13.7. The van der Waals surface area contributed by atoms with Crippen molar-refractivity contribution < 1.29 is 33.0 Å². The molecule has 2 aromatic carbocycles. The second-order valence-corrected chi connectivity index (χ2v) is 12.4. The van der Waals surface area contributed by atoms with E-state index in [1.54, 1.807) is 13.0 Å². The number of halogens is 1. The van der Waals surface area contributed by atoms with Gasteiger partial charge < -0.3 is 14.2 Å². The van der Waals surface area contributed by atoms with Gasteiger partial charge in [-0.05, 0) is 94.1 Å². The molecule has 3 atom stereocenters. The summed E-state index contributed by atoms with van der Waals surface area (Å²) in [6, 6.07) is 12.7. The first kappa shape index (κ1) is 36.2. The van der Waals surface area contributed by atoms with E-state index < -0.39 is 29.6 Å². The van der Waals surface area contributed by atoms with E-state index in [2.05, 4.69) is 11.1 Å². The van der Waals surface area contributed by atoms with Gasteiger partial charge in [0.25, 0.3) is 0 Å². The smallest absolute Gasteiger partial charge is 0.339 e. The number of ether oxygens (including phenoxy) is 3. The molecule has 0 spiro atoms. The van der Waals surface area contributed by atoms with E-state index in [0.29, 0.717) is 37.8 Å². The first-order chi connectivity index (χ1) is 23.1. The van der Waals surface area contributed by atoms with Crippen molar-refractivity contribution in [3.8, 4) is 0 Å². The molecular weight excluding hydrogens is 609 g/mol. The van der Waals surface area contributed by atoms with Crippen molar-refractivity contribution in [2.45, 2.75) is 71.6 Å². The lowest BCUT2D eigenvalue weighted by Crippen LogP contribution is -2.20. The van der Waals surface area contributed by atoms with Gasteiger partial charge in [0, 0.05) is 18.3 Å². The summed E-state index contributed by atoms with van der Waals surface area (Å²) in [6.45, 7) is 8.51. The molecule has 0 saturated heterocycles. The first-order valence-electron chi connectivity index (χ1n) is 16.7. The summed E-state index contributed by atoms with van der Waals surface area (Å²) in [5.41, 5.74) is 5.48. The maximum atomic E-state index is 15.3. The van der Waals surface area contributed by atoms with Crippen LogP contribution >= 0.6 is 0 Å². The summed E-state index contributed by atoms with van der Waals surface area (Å²) in [7, 11) is 0. The normalized spacial score (nSPS) is 16.1. The monoisotopic (exact) mass is 655 g/mol. The van der Waals surface area contributed by atoms with E-state index >= 15 is 4.39 Å². The number of aryl methyl sites for hydroxylation is 1. The fourth-order valence-corrected chi connectivity index (χ4v) is 5.62. The lowest BCUT2D eigenvalue weighted by atomic mass is 9.94. The van der Waals surface area contributed by atoms with Crippen molar-refractivity contribution in [3.63, 3.8) is 0 Å². The molecule has 4 rings (SSSR count). The van der Waals surface area contributed by atoms with Crippen LogP contribution in [0.1, 0.15) is 87.0 Å². The van der Waals surface area contributed by atoms with Crippen LogP contribution in [0.2, 0.25) is 0 Å². The zero-order valence-electron chi connectivity index (χ0n) is 28.4. The number of carbonyl (C=O) groups excluding carboxylic acids is 3.